The molecule has 1 aromatic heterocycles. The summed E-state index contributed by atoms with van der Waals surface area (Å²) < 4.78 is 0. The molecule has 2 aromatic carbocycles. The zero-order valence-electron chi connectivity index (χ0n) is 14.9. The Labute approximate surface area is 153 Å². The van der Waals surface area contributed by atoms with Gasteiger partial charge >= 0.3 is 0 Å². The van der Waals surface area contributed by atoms with Crippen LogP contribution < -0.4 is 11.1 Å². The van der Waals surface area contributed by atoms with E-state index in [0.29, 0.717) is 17.2 Å². The molecule has 0 saturated heterocycles. The van der Waals surface area contributed by atoms with E-state index in [0.717, 1.165) is 22.9 Å². The first kappa shape index (κ1) is 17.6. The molecule has 5 nitrogen and oxygen atoms in total. The van der Waals surface area contributed by atoms with Crippen molar-refractivity contribution < 1.29 is 4.79 Å². The Kier molecular flexibility index (Phi) is 5.27. The minimum absolute atomic E-state index is 0.0595. The average Bonchev–Trinajstić information content (AvgIpc) is 2.67. The first-order valence-electron chi connectivity index (χ1n) is 8.68. The second kappa shape index (κ2) is 7.78. The van der Waals surface area contributed by atoms with E-state index < -0.39 is 0 Å². The van der Waals surface area contributed by atoms with Gasteiger partial charge in [0.2, 0.25) is 5.96 Å². The lowest BCUT2D eigenvalue weighted by Crippen LogP contribution is -2.36. The van der Waals surface area contributed by atoms with Crippen LogP contribution in [0.3, 0.4) is 0 Å². The number of pyridine rings is 1. The van der Waals surface area contributed by atoms with Gasteiger partial charge < -0.3 is 5.73 Å². The van der Waals surface area contributed by atoms with Crippen LogP contribution in [0.5, 0.6) is 0 Å². The van der Waals surface area contributed by atoms with E-state index in [1.54, 1.807) is 12.3 Å². The summed E-state index contributed by atoms with van der Waals surface area (Å²) in [6, 6.07) is 16.9. The summed E-state index contributed by atoms with van der Waals surface area (Å²) in [6.07, 6.45) is 2.67. The van der Waals surface area contributed by atoms with Gasteiger partial charge in [-0.2, -0.15) is 0 Å². The Morgan fingerprint density at radius 1 is 1.15 bits per heavy atom. The summed E-state index contributed by atoms with van der Waals surface area (Å²) in [6.45, 7) is 4.30. The van der Waals surface area contributed by atoms with Crippen LogP contribution in [-0.2, 0) is 0 Å². The summed E-state index contributed by atoms with van der Waals surface area (Å²) in [5, 5.41) is 3.48. The Morgan fingerprint density at radius 3 is 2.65 bits per heavy atom. The van der Waals surface area contributed by atoms with Crippen molar-refractivity contribution in [2.24, 2.45) is 10.7 Å². The molecular formula is C21H22N4O. The number of aliphatic imine (C=N–C) groups is 1. The van der Waals surface area contributed by atoms with Crippen LogP contribution in [0.25, 0.3) is 10.9 Å². The van der Waals surface area contributed by atoms with Gasteiger partial charge in [-0.1, -0.05) is 50.2 Å². The lowest BCUT2D eigenvalue weighted by Gasteiger charge is -2.13. The zero-order valence-corrected chi connectivity index (χ0v) is 14.9. The van der Waals surface area contributed by atoms with Crippen LogP contribution in [0.2, 0.25) is 0 Å². The van der Waals surface area contributed by atoms with Gasteiger partial charge in [0.1, 0.15) is 0 Å². The number of hydrogen-bond acceptors (Lipinski definition) is 3. The average molecular weight is 346 g/mol. The third-order valence-corrected chi connectivity index (χ3v) is 4.44. The lowest BCUT2D eigenvalue weighted by molar-refractivity contribution is 0.0978. The van der Waals surface area contributed by atoms with Gasteiger partial charge in [-0.3, -0.25) is 15.1 Å². The molecule has 1 unspecified atom stereocenters. The highest BCUT2D eigenvalue weighted by Crippen LogP contribution is 2.27. The predicted octanol–water partition coefficient (Wildman–Crippen LogP) is 4.12. The van der Waals surface area contributed by atoms with Crippen LogP contribution in [0, 0.1) is 0 Å². The van der Waals surface area contributed by atoms with Crippen molar-refractivity contribution in [1.82, 2.24) is 10.3 Å². The number of carbonyl (C=O) groups excluding carboxylic acids is 1. The number of guanidine groups is 1. The molecule has 3 rings (SSSR count). The van der Waals surface area contributed by atoms with E-state index in [2.05, 4.69) is 35.2 Å². The van der Waals surface area contributed by atoms with Crippen molar-refractivity contribution in [2.45, 2.75) is 26.2 Å². The number of nitrogens with one attached hydrogen (secondary N) is 1. The predicted molar refractivity (Wildman–Crippen MR) is 106 cm³/mol. The molecule has 0 spiro atoms. The first-order chi connectivity index (χ1) is 12.6. The number of fused-ring (bicyclic) bond motifs is 1. The van der Waals surface area contributed by atoms with Crippen molar-refractivity contribution in [1.29, 1.82) is 0 Å². The molecule has 0 bridgehead atoms. The molecule has 132 valence electrons. The summed E-state index contributed by atoms with van der Waals surface area (Å²) in [5.41, 5.74) is 9.11. The highest BCUT2D eigenvalue weighted by Gasteiger charge is 2.15. The number of rotatable bonds is 4. The Hall–Kier alpha value is -3.21. The van der Waals surface area contributed by atoms with Crippen molar-refractivity contribution in [3.63, 3.8) is 0 Å². The SMILES string of the molecule is CCC(C)c1cccc2c(C(=O)NC(N)=Nc3ccccc3)ccnc12. The highest BCUT2D eigenvalue weighted by atomic mass is 16.1. The molecule has 1 atom stereocenters. The summed E-state index contributed by atoms with van der Waals surface area (Å²) in [5.74, 6) is 0.134. The van der Waals surface area contributed by atoms with Crippen molar-refractivity contribution in [2.75, 3.05) is 0 Å². The molecule has 0 fully saturated rings. The standard InChI is InChI=1S/C21H22N4O/c1-3-14(2)16-10-7-11-17-18(12-13-23-19(16)17)20(26)25-21(22)24-15-8-5-4-6-9-15/h4-14H,3H2,1-2H3,(H3,22,24,25,26). The molecule has 3 N–H and O–H groups in total. The maximum absolute atomic E-state index is 12.7. The monoisotopic (exact) mass is 346 g/mol. The molecule has 0 aliphatic heterocycles. The van der Waals surface area contributed by atoms with Gasteiger partial charge in [0.15, 0.2) is 0 Å². The maximum atomic E-state index is 12.7. The minimum Gasteiger partial charge on any atom is -0.369 e. The van der Waals surface area contributed by atoms with E-state index in [1.165, 1.54) is 0 Å². The number of nitrogens with zero attached hydrogens (tertiary/aromatic N) is 2. The molecular weight excluding hydrogens is 324 g/mol. The molecule has 5 heteroatoms. The number of amides is 1. The zero-order chi connectivity index (χ0) is 18.5. The van der Waals surface area contributed by atoms with E-state index in [1.807, 2.05) is 42.5 Å². The van der Waals surface area contributed by atoms with Gasteiger partial charge in [0.05, 0.1) is 16.8 Å². The minimum atomic E-state index is -0.295. The van der Waals surface area contributed by atoms with Crippen LogP contribution in [-0.4, -0.2) is 16.9 Å². The fourth-order valence-electron chi connectivity index (χ4n) is 2.87. The van der Waals surface area contributed by atoms with Crippen LogP contribution in [0.1, 0.15) is 42.1 Å². The number of nitrogens with two attached hydrogens (primary N) is 1. The van der Waals surface area contributed by atoms with Crippen molar-refractivity contribution in [3.8, 4) is 0 Å². The quantitative estimate of drug-likeness (QED) is 0.551. The van der Waals surface area contributed by atoms with Crippen molar-refractivity contribution >= 4 is 28.5 Å². The number of aromatic nitrogens is 1. The van der Waals surface area contributed by atoms with E-state index in [9.17, 15) is 4.79 Å². The molecule has 26 heavy (non-hydrogen) atoms. The fraction of sp³-hybridized carbons (Fsp3) is 0.190. The first-order valence-corrected chi connectivity index (χ1v) is 8.68. The van der Waals surface area contributed by atoms with Crippen LogP contribution >= 0.6 is 0 Å². The molecule has 3 aromatic rings. The lowest BCUT2D eigenvalue weighted by atomic mass is 9.94. The molecule has 1 heterocycles. The molecule has 0 radical (unpaired) electrons. The topological polar surface area (TPSA) is 80.4 Å². The van der Waals surface area contributed by atoms with E-state index >= 15 is 0 Å². The summed E-state index contributed by atoms with van der Waals surface area (Å²) in [4.78, 5) is 21.4. The molecule has 0 aliphatic rings. The number of hydrogen-bond donors (Lipinski definition) is 2. The van der Waals surface area contributed by atoms with Crippen LogP contribution in [0.4, 0.5) is 5.69 Å². The highest BCUT2D eigenvalue weighted by molar-refractivity contribution is 6.12. The summed E-state index contributed by atoms with van der Waals surface area (Å²) >= 11 is 0. The third-order valence-electron chi connectivity index (χ3n) is 4.44. The van der Waals surface area contributed by atoms with Gasteiger partial charge in [0, 0.05) is 11.6 Å². The van der Waals surface area contributed by atoms with Gasteiger partial charge in [0.25, 0.3) is 5.91 Å². The molecule has 0 saturated carbocycles. The molecule has 1 amide bonds. The second-order valence-corrected chi connectivity index (χ2v) is 6.20. The van der Waals surface area contributed by atoms with Crippen molar-refractivity contribution in [3.05, 3.63) is 71.9 Å². The Bertz CT molecular complexity index is 951. The third kappa shape index (κ3) is 3.72. The number of benzene rings is 2. The molecule has 0 aliphatic carbocycles. The van der Waals surface area contributed by atoms with E-state index in [4.69, 9.17) is 5.73 Å². The van der Waals surface area contributed by atoms with Gasteiger partial charge in [-0.15, -0.1) is 0 Å². The fourth-order valence-corrected chi connectivity index (χ4v) is 2.87. The Balaban J connectivity index is 1.93. The largest absolute Gasteiger partial charge is 0.369 e. The normalized spacial score (nSPS) is 12.8. The summed E-state index contributed by atoms with van der Waals surface area (Å²) in [7, 11) is 0. The van der Waals surface area contributed by atoms with Gasteiger partial charge in [-0.25, -0.2) is 4.99 Å². The van der Waals surface area contributed by atoms with Crippen LogP contribution in [0.15, 0.2) is 65.8 Å². The smallest absolute Gasteiger partial charge is 0.258 e. The van der Waals surface area contributed by atoms with Gasteiger partial charge in [-0.05, 0) is 36.1 Å². The number of carbonyl (C=O) groups is 1. The van der Waals surface area contributed by atoms with E-state index in [-0.39, 0.29) is 11.9 Å². The number of para-hydroxylation sites is 2. The Morgan fingerprint density at radius 2 is 1.92 bits per heavy atom. The second-order valence-electron chi connectivity index (χ2n) is 6.20. The maximum Gasteiger partial charge on any atom is 0.258 e.